The number of anilines is 1. The van der Waals surface area contributed by atoms with Gasteiger partial charge in [-0.2, -0.15) is 5.10 Å². The van der Waals surface area contributed by atoms with Crippen molar-refractivity contribution in [1.82, 2.24) is 20.5 Å². The van der Waals surface area contributed by atoms with Crippen LogP contribution in [0, 0.1) is 5.92 Å². The second-order valence-electron chi connectivity index (χ2n) is 7.42. The van der Waals surface area contributed by atoms with Crippen molar-refractivity contribution in [1.29, 1.82) is 0 Å². The molecule has 1 amide bonds. The molecule has 25 heavy (non-hydrogen) atoms. The first kappa shape index (κ1) is 17.1. The molecule has 7 heteroatoms. The molecule has 2 aromatic heterocycles. The third kappa shape index (κ3) is 3.87. The van der Waals surface area contributed by atoms with E-state index in [1.807, 2.05) is 12.1 Å². The third-order valence-electron chi connectivity index (χ3n) is 4.31. The zero-order chi connectivity index (χ0) is 18.0. The highest BCUT2D eigenvalue weighted by Gasteiger charge is 2.29. The van der Waals surface area contributed by atoms with Gasteiger partial charge in [0.05, 0.1) is 5.69 Å². The molecule has 0 unspecified atom stereocenters. The molecule has 0 radical (unpaired) electrons. The van der Waals surface area contributed by atoms with Crippen molar-refractivity contribution in [3.8, 4) is 0 Å². The van der Waals surface area contributed by atoms with Gasteiger partial charge in [-0.25, -0.2) is 0 Å². The molecule has 0 bridgehead atoms. The van der Waals surface area contributed by atoms with Gasteiger partial charge < -0.3 is 15.2 Å². The SMILES string of the molecule is CC(C)(C)c1ccc(N2CC(CNC(=O)c3ccc[nH]c3=O)C2)nn1. The normalized spacial score (nSPS) is 14.9. The molecule has 0 aromatic carbocycles. The topological polar surface area (TPSA) is 91.0 Å². The van der Waals surface area contributed by atoms with Gasteiger partial charge in [0.25, 0.3) is 11.5 Å². The van der Waals surface area contributed by atoms with Crippen molar-refractivity contribution >= 4 is 11.7 Å². The molecule has 132 valence electrons. The van der Waals surface area contributed by atoms with E-state index in [0.717, 1.165) is 24.6 Å². The van der Waals surface area contributed by atoms with Gasteiger partial charge in [-0.15, -0.1) is 5.10 Å². The van der Waals surface area contributed by atoms with Gasteiger partial charge in [0.15, 0.2) is 5.82 Å². The smallest absolute Gasteiger partial charge is 0.260 e. The number of hydrogen-bond donors (Lipinski definition) is 2. The predicted octanol–water partition coefficient (Wildman–Crippen LogP) is 1.33. The number of nitrogens with one attached hydrogen (secondary N) is 2. The Balaban J connectivity index is 1.49. The van der Waals surface area contributed by atoms with Gasteiger partial charge in [-0.05, 0) is 24.3 Å². The third-order valence-corrected chi connectivity index (χ3v) is 4.31. The summed E-state index contributed by atoms with van der Waals surface area (Å²) >= 11 is 0. The van der Waals surface area contributed by atoms with E-state index in [2.05, 4.69) is 46.2 Å². The van der Waals surface area contributed by atoms with Crippen LogP contribution in [0.25, 0.3) is 0 Å². The maximum absolute atomic E-state index is 12.0. The summed E-state index contributed by atoms with van der Waals surface area (Å²) in [5.41, 5.74) is 0.725. The summed E-state index contributed by atoms with van der Waals surface area (Å²) < 4.78 is 0. The highest BCUT2D eigenvalue weighted by Crippen LogP contribution is 2.24. The summed E-state index contributed by atoms with van der Waals surface area (Å²) in [5.74, 6) is 0.862. The van der Waals surface area contributed by atoms with Crippen LogP contribution in [0.5, 0.6) is 0 Å². The Morgan fingerprint density at radius 2 is 2.04 bits per heavy atom. The Bertz CT molecular complexity index is 801. The zero-order valence-corrected chi connectivity index (χ0v) is 14.7. The Kier molecular flexibility index (Phi) is 4.57. The number of aromatic amines is 1. The number of carbonyl (C=O) groups excluding carboxylic acids is 1. The minimum Gasteiger partial charge on any atom is -0.354 e. The molecular formula is C18H23N5O2. The summed E-state index contributed by atoms with van der Waals surface area (Å²) in [7, 11) is 0. The van der Waals surface area contributed by atoms with E-state index >= 15 is 0 Å². The van der Waals surface area contributed by atoms with E-state index in [0.29, 0.717) is 12.5 Å². The summed E-state index contributed by atoms with van der Waals surface area (Å²) in [6.07, 6.45) is 1.51. The summed E-state index contributed by atoms with van der Waals surface area (Å²) in [6, 6.07) is 7.17. The molecule has 3 heterocycles. The Morgan fingerprint density at radius 1 is 1.28 bits per heavy atom. The second kappa shape index (κ2) is 6.66. The fourth-order valence-corrected chi connectivity index (χ4v) is 2.71. The van der Waals surface area contributed by atoms with Crippen LogP contribution in [-0.4, -0.2) is 40.7 Å². The largest absolute Gasteiger partial charge is 0.354 e. The van der Waals surface area contributed by atoms with Crippen LogP contribution in [0.3, 0.4) is 0 Å². The van der Waals surface area contributed by atoms with Crippen molar-refractivity contribution < 1.29 is 4.79 Å². The van der Waals surface area contributed by atoms with Crippen molar-refractivity contribution in [2.24, 2.45) is 5.92 Å². The van der Waals surface area contributed by atoms with Crippen molar-refractivity contribution in [2.75, 3.05) is 24.5 Å². The fraction of sp³-hybridized carbons (Fsp3) is 0.444. The average molecular weight is 341 g/mol. The number of aromatic nitrogens is 3. The molecule has 3 rings (SSSR count). The van der Waals surface area contributed by atoms with Crippen LogP contribution in [0.1, 0.15) is 36.8 Å². The van der Waals surface area contributed by atoms with Crippen molar-refractivity contribution in [2.45, 2.75) is 26.2 Å². The highest BCUT2D eigenvalue weighted by atomic mass is 16.2. The van der Waals surface area contributed by atoms with Crippen molar-refractivity contribution in [3.05, 3.63) is 52.1 Å². The van der Waals surface area contributed by atoms with Crippen LogP contribution < -0.4 is 15.8 Å². The van der Waals surface area contributed by atoms with Crippen LogP contribution in [0.15, 0.2) is 35.3 Å². The van der Waals surface area contributed by atoms with Crippen LogP contribution in [0.2, 0.25) is 0 Å². The van der Waals surface area contributed by atoms with E-state index in [-0.39, 0.29) is 22.4 Å². The zero-order valence-electron chi connectivity index (χ0n) is 14.7. The van der Waals surface area contributed by atoms with Gasteiger partial charge in [0, 0.05) is 37.2 Å². The maximum atomic E-state index is 12.0. The number of hydrogen-bond acceptors (Lipinski definition) is 5. The number of carbonyl (C=O) groups is 1. The van der Waals surface area contributed by atoms with E-state index < -0.39 is 0 Å². The minimum absolute atomic E-state index is 0.0113. The number of amides is 1. The minimum atomic E-state index is -0.371. The first-order valence-electron chi connectivity index (χ1n) is 8.39. The maximum Gasteiger partial charge on any atom is 0.260 e. The molecule has 1 aliphatic heterocycles. The van der Waals surface area contributed by atoms with Gasteiger partial charge in [-0.3, -0.25) is 9.59 Å². The lowest BCUT2D eigenvalue weighted by molar-refractivity contribution is 0.0943. The molecular weight excluding hydrogens is 318 g/mol. The van der Waals surface area contributed by atoms with Gasteiger partial charge in [0.2, 0.25) is 0 Å². The molecule has 2 aromatic rings. The highest BCUT2D eigenvalue weighted by molar-refractivity contribution is 5.93. The molecule has 1 aliphatic rings. The molecule has 0 atom stereocenters. The molecule has 0 saturated carbocycles. The van der Waals surface area contributed by atoms with Gasteiger partial charge in [0.1, 0.15) is 5.56 Å². The Hall–Kier alpha value is -2.70. The van der Waals surface area contributed by atoms with E-state index in [9.17, 15) is 9.59 Å². The molecule has 0 spiro atoms. The quantitative estimate of drug-likeness (QED) is 0.875. The van der Waals surface area contributed by atoms with E-state index in [1.54, 1.807) is 6.07 Å². The lowest BCUT2D eigenvalue weighted by Gasteiger charge is -2.40. The summed E-state index contributed by atoms with van der Waals surface area (Å²) in [6.45, 7) is 8.49. The first-order chi connectivity index (χ1) is 11.8. The molecule has 1 saturated heterocycles. The summed E-state index contributed by atoms with van der Waals surface area (Å²) in [5, 5.41) is 11.4. The fourth-order valence-electron chi connectivity index (χ4n) is 2.71. The lowest BCUT2D eigenvalue weighted by Crippen LogP contribution is -2.52. The summed E-state index contributed by atoms with van der Waals surface area (Å²) in [4.78, 5) is 28.2. The van der Waals surface area contributed by atoms with Crippen LogP contribution >= 0.6 is 0 Å². The average Bonchev–Trinajstić information content (AvgIpc) is 2.53. The van der Waals surface area contributed by atoms with Gasteiger partial charge in [-0.1, -0.05) is 20.8 Å². The molecule has 2 N–H and O–H groups in total. The molecule has 7 nitrogen and oxygen atoms in total. The molecule has 1 fully saturated rings. The van der Waals surface area contributed by atoms with E-state index in [4.69, 9.17) is 0 Å². The lowest BCUT2D eigenvalue weighted by atomic mass is 9.92. The standard InChI is InChI=1S/C18H23N5O2/c1-18(2,3)14-6-7-15(22-21-14)23-10-12(11-23)9-20-17(25)13-5-4-8-19-16(13)24/h4-8,12H,9-11H2,1-3H3,(H,19,24)(H,20,25). The number of nitrogens with zero attached hydrogens (tertiary/aromatic N) is 3. The van der Waals surface area contributed by atoms with Crippen LogP contribution in [0.4, 0.5) is 5.82 Å². The second-order valence-corrected chi connectivity index (χ2v) is 7.42. The Labute approximate surface area is 146 Å². The monoisotopic (exact) mass is 341 g/mol. The van der Waals surface area contributed by atoms with Gasteiger partial charge >= 0.3 is 0 Å². The Morgan fingerprint density at radius 3 is 2.64 bits per heavy atom. The number of pyridine rings is 1. The first-order valence-corrected chi connectivity index (χ1v) is 8.39. The predicted molar refractivity (Wildman–Crippen MR) is 95.8 cm³/mol. The van der Waals surface area contributed by atoms with Crippen molar-refractivity contribution in [3.63, 3.8) is 0 Å². The van der Waals surface area contributed by atoms with Crippen LogP contribution in [-0.2, 0) is 5.41 Å². The van der Waals surface area contributed by atoms with E-state index in [1.165, 1.54) is 12.3 Å². The number of rotatable bonds is 4. The number of H-pyrrole nitrogens is 1. The molecule has 0 aliphatic carbocycles.